The van der Waals surface area contributed by atoms with Crippen LogP contribution in [-0.2, 0) is 9.53 Å². The van der Waals surface area contributed by atoms with E-state index in [4.69, 9.17) is 14.6 Å². The molecule has 1 aliphatic rings. The Morgan fingerprint density at radius 2 is 1.43 bits per heavy atom. The van der Waals surface area contributed by atoms with Crippen LogP contribution in [0.3, 0.4) is 0 Å². The van der Waals surface area contributed by atoms with E-state index in [9.17, 15) is 35.0 Å². The largest absolute Gasteiger partial charge is 0.479 e. The quantitative estimate of drug-likeness (QED) is 0.285. The smallest absolute Gasteiger partial charge is 0.335 e. The molecule has 0 amide bonds. The van der Waals surface area contributed by atoms with Crippen molar-refractivity contribution >= 4 is 17.4 Å². The number of aliphatic carboxylic acids is 1. The highest BCUT2D eigenvalue weighted by Crippen LogP contribution is 2.25. The molecule has 11 nitrogen and oxygen atoms in total. The normalized spacial score (nSPS) is 26.0. The van der Waals surface area contributed by atoms with Crippen molar-refractivity contribution in [2.24, 2.45) is 0 Å². The number of hydrogen-bond acceptors (Lipinski definition) is 9. The van der Waals surface area contributed by atoms with E-state index in [2.05, 4.69) is 0 Å². The summed E-state index contributed by atoms with van der Waals surface area (Å²) in [4.78, 5) is 33.7. The molecular weight excluding hydrogens is 402 g/mol. The average Bonchev–Trinajstić information content (AvgIpc) is 2.74. The molecular formula is C19H17NO10. The van der Waals surface area contributed by atoms with Crippen LogP contribution in [0.25, 0.3) is 0 Å². The Morgan fingerprint density at radius 3 is 1.93 bits per heavy atom. The number of rotatable bonds is 6. The van der Waals surface area contributed by atoms with Gasteiger partial charge in [0.1, 0.15) is 24.1 Å². The van der Waals surface area contributed by atoms with E-state index in [-0.39, 0.29) is 22.6 Å². The molecule has 2 aromatic rings. The van der Waals surface area contributed by atoms with Crippen molar-refractivity contribution in [2.75, 3.05) is 0 Å². The molecule has 0 spiro atoms. The van der Waals surface area contributed by atoms with Gasteiger partial charge in [0.2, 0.25) is 6.29 Å². The van der Waals surface area contributed by atoms with Crippen molar-refractivity contribution < 1.29 is 44.4 Å². The minimum Gasteiger partial charge on any atom is -0.479 e. The number of aliphatic hydroxyl groups is 3. The summed E-state index contributed by atoms with van der Waals surface area (Å²) < 4.78 is 10.4. The van der Waals surface area contributed by atoms with Crippen LogP contribution in [0, 0.1) is 10.1 Å². The van der Waals surface area contributed by atoms with Crippen LogP contribution < -0.4 is 4.74 Å². The van der Waals surface area contributed by atoms with Crippen LogP contribution in [0.2, 0.25) is 0 Å². The van der Waals surface area contributed by atoms with Gasteiger partial charge in [0.25, 0.3) is 5.69 Å². The summed E-state index contributed by atoms with van der Waals surface area (Å²) in [5.41, 5.74) is 0.343. The minimum atomic E-state index is -1.83. The standard InChI is InChI=1S/C19H17NO10/c21-13(9-1-5-11(6-2-9)20(27)28)10-3-7-12(8-4-10)29-19-16(24)14(22)15(23)17(30-19)18(25)26/h1-8,14-17,19,22-24H,(H,25,26)/t14-,15-,16+,17-,19+/m0/s1. The van der Waals surface area contributed by atoms with Crippen LogP contribution in [0.5, 0.6) is 5.75 Å². The molecule has 1 fully saturated rings. The first-order valence-electron chi connectivity index (χ1n) is 8.67. The van der Waals surface area contributed by atoms with Gasteiger partial charge in [-0.2, -0.15) is 0 Å². The summed E-state index contributed by atoms with van der Waals surface area (Å²) in [6, 6.07) is 10.6. The van der Waals surface area contributed by atoms with E-state index in [0.717, 1.165) is 0 Å². The predicted octanol–water partition coefficient (Wildman–Crippen LogP) is 0.0968. The Labute approximate surface area is 168 Å². The second-order valence-corrected chi connectivity index (χ2v) is 6.51. The Morgan fingerprint density at radius 1 is 0.900 bits per heavy atom. The number of nitrogens with zero attached hydrogens (tertiary/aromatic N) is 1. The Balaban J connectivity index is 1.71. The fourth-order valence-corrected chi connectivity index (χ4v) is 2.87. The second kappa shape index (κ2) is 8.55. The number of carboxylic acids is 1. The first-order valence-corrected chi connectivity index (χ1v) is 8.67. The molecule has 158 valence electrons. The predicted molar refractivity (Wildman–Crippen MR) is 97.9 cm³/mol. The first-order chi connectivity index (χ1) is 14.2. The zero-order valence-electron chi connectivity index (χ0n) is 15.2. The van der Waals surface area contributed by atoms with Crippen molar-refractivity contribution in [3.8, 4) is 5.75 Å². The number of non-ortho nitro benzene ring substituents is 1. The van der Waals surface area contributed by atoms with Gasteiger partial charge in [-0.15, -0.1) is 0 Å². The molecule has 0 aliphatic carbocycles. The number of hydrogen-bond donors (Lipinski definition) is 4. The van der Waals surface area contributed by atoms with Gasteiger partial charge in [0, 0.05) is 23.3 Å². The van der Waals surface area contributed by atoms with Crippen molar-refractivity contribution in [1.82, 2.24) is 0 Å². The van der Waals surface area contributed by atoms with Crippen LogP contribution >= 0.6 is 0 Å². The van der Waals surface area contributed by atoms with Gasteiger partial charge in [-0.05, 0) is 36.4 Å². The molecule has 0 saturated carbocycles. The molecule has 2 aromatic carbocycles. The lowest BCUT2D eigenvalue weighted by atomic mass is 9.99. The monoisotopic (exact) mass is 419 g/mol. The number of nitro benzene ring substituents is 1. The van der Waals surface area contributed by atoms with Crippen molar-refractivity contribution in [3.63, 3.8) is 0 Å². The summed E-state index contributed by atoms with van der Waals surface area (Å²) in [6.07, 6.45) is -8.71. The average molecular weight is 419 g/mol. The molecule has 1 aliphatic heterocycles. The number of benzene rings is 2. The van der Waals surface area contributed by atoms with E-state index >= 15 is 0 Å². The summed E-state index contributed by atoms with van der Waals surface area (Å²) in [7, 11) is 0. The maximum absolute atomic E-state index is 12.5. The molecule has 1 heterocycles. The van der Waals surface area contributed by atoms with Crippen molar-refractivity contribution in [1.29, 1.82) is 0 Å². The van der Waals surface area contributed by atoms with E-state index in [0.29, 0.717) is 0 Å². The highest BCUT2D eigenvalue weighted by Gasteiger charge is 2.48. The number of nitro groups is 1. The van der Waals surface area contributed by atoms with Gasteiger partial charge in [-0.25, -0.2) is 4.79 Å². The third-order valence-electron chi connectivity index (χ3n) is 4.52. The lowest BCUT2D eigenvalue weighted by molar-refractivity contribution is -0.384. The third kappa shape index (κ3) is 4.28. The molecule has 1 saturated heterocycles. The van der Waals surface area contributed by atoms with Crippen LogP contribution in [0.4, 0.5) is 5.69 Å². The summed E-state index contributed by atoms with van der Waals surface area (Å²) in [5, 5.41) is 49.2. The lowest BCUT2D eigenvalue weighted by Crippen LogP contribution is -2.61. The van der Waals surface area contributed by atoms with Gasteiger partial charge in [0.05, 0.1) is 4.92 Å². The van der Waals surface area contributed by atoms with Crippen LogP contribution in [0.1, 0.15) is 15.9 Å². The van der Waals surface area contributed by atoms with Crippen molar-refractivity contribution in [3.05, 3.63) is 69.8 Å². The van der Waals surface area contributed by atoms with Gasteiger partial charge in [0.15, 0.2) is 11.9 Å². The molecule has 0 radical (unpaired) electrons. The maximum Gasteiger partial charge on any atom is 0.335 e. The molecule has 0 unspecified atom stereocenters. The van der Waals surface area contributed by atoms with E-state index in [1.807, 2.05) is 0 Å². The van der Waals surface area contributed by atoms with E-state index in [1.165, 1.54) is 48.5 Å². The number of carboxylic acid groups (broad SMARTS) is 1. The number of carbonyl (C=O) groups excluding carboxylic acids is 1. The third-order valence-corrected chi connectivity index (χ3v) is 4.52. The number of carbonyl (C=O) groups is 2. The van der Waals surface area contributed by atoms with Gasteiger partial charge in [-0.3, -0.25) is 14.9 Å². The molecule has 0 aromatic heterocycles. The topological polar surface area (TPSA) is 177 Å². The molecule has 4 N–H and O–H groups in total. The van der Waals surface area contributed by atoms with Crippen LogP contribution in [-0.4, -0.2) is 67.8 Å². The fourth-order valence-electron chi connectivity index (χ4n) is 2.87. The number of ketones is 1. The summed E-state index contributed by atoms with van der Waals surface area (Å²) in [5.74, 6) is -1.83. The first kappa shape index (κ1) is 21.3. The Hall–Kier alpha value is -3.38. The summed E-state index contributed by atoms with van der Waals surface area (Å²) >= 11 is 0. The summed E-state index contributed by atoms with van der Waals surface area (Å²) in [6.45, 7) is 0. The SMILES string of the molecule is O=C(c1ccc(O[C@@H]2O[C@H](C(=O)O)[C@@H](O)[C@H](O)[C@H]2O)cc1)c1ccc([N+](=O)[O-])cc1. The highest BCUT2D eigenvalue weighted by atomic mass is 16.7. The molecule has 30 heavy (non-hydrogen) atoms. The van der Waals surface area contributed by atoms with Gasteiger partial charge < -0.3 is 29.9 Å². The van der Waals surface area contributed by atoms with Gasteiger partial charge in [-0.1, -0.05) is 0 Å². The Kier molecular flexibility index (Phi) is 6.08. The number of aliphatic hydroxyl groups excluding tert-OH is 3. The van der Waals surface area contributed by atoms with E-state index in [1.54, 1.807) is 0 Å². The Bertz CT molecular complexity index is 943. The van der Waals surface area contributed by atoms with Crippen LogP contribution in [0.15, 0.2) is 48.5 Å². The maximum atomic E-state index is 12.5. The van der Waals surface area contributed by atoms with E-state index < -0.39 is 47.4 Å². The molecule has 5 atom stereocenters. The van der Waals surface area contributed by atoms with Gasteiger partial charge >= 0.3 is 5.97 Å². The van der Waals surface area contributed by atoms with Crippen molar-refractivity contribution in [2.45, 2.75) is 30.7 Å². The minimum absolute atomic E-state index is 0.104. The molecule has 0 bridgehead atoms. The lowest BCUT2D eigenvalue weighted by Gasteiger charge is -2.38. The zero-order valence-corrected chi connectivity index (χ0v) is 15.2. The highest BCUT2D eigenvalue weighted by molar-refractivity contribution is 6.09. The zero-order chi connectivity index (χ0) is 22.0. The number of ether oxygens (including phenoxy) is 2. The second-order valence-electron chi connectivity index (χ2n) is 6.51. The molecule has 11 heteroatoms. The fraction of sp³-hybridized carbons (Fsp3) is 0.263. The molecule has 3 rings (SSSR count).